The molecule has 0 aliphatic rings. The number of methoxy groups -OCH3 is 1. The van der Waals surface area contributed by atoms with E-state index in [0.717, 1.165) is 17.8 Å². The Balaban J connectivity index is 3.24. The summed E-state index contributed by atoms with van der Waals surface area (Å²) in [6.45, 7) is 3.80. The highest BCUT2D eigenvalue weighted by atomic mass is 16.5. The van der Waals surface area contributed by atoms with E-state index in [1.54, 1.807) is 4.68 Å². The minimum absolute atomic E-state index is 0.303. The standard InChI is InChI=1S/C9H14N2O2/c1-5-7-8(9(12)13-4)6(2)10-11(7)3/h5H2,1-4H3. The molecule has 0 aromatic carbocycles. The van der Waals surface area contributed by atoms with Crippen molar-refractivity contribution in [2.45, 2.75) is 20.3 Å². The average molecular weight is 182 g/mol. The molecule has 1 aromatic rings. The van der Waals surface area contributed by atoms with Gasteiger partial charge in [-0.3, -0.25) is 4.68 Å². The van der Waals surface area contributed by atoms with Gasteiger partial charge >= 0.3 is 5.97 Å². The van der Waals surface area contributed by atoms with Gasteiger partial charge in [0.2, 0.25) is 0 Å². The van der Waals surface area contributed by atoms with Crippen LogP contribution in [-0.4, -0.2) is 22.9 Å². The van der Waals surface area contributed by atoms with Crippen molar-refractivity contribution in [3.63, 3.8) is 0 Å². The molecule has 0 saturated carbocycles. The van der Waals surface area contributed by atoms with Crippen LogP contribution in [0.25, 0.3) is 0 Å². The third-order valence-corrected chi connectivity index (χ3v) is 2.07. The molecule has 4 nitrogen and oxygen atoms in total. The molecule has 13 heavy (non-hydrogen) atoms. The second-order valence-corrected chi connectivity index (χ2v) is 2.88. The maximum atomic E-state index is 11.4. The number of hydrogen-bond donors (Lipinski definition) is 0. The highest BCUT2D eigenvalue weighted by molar-refractivity contribution is 5.91. The number of hydrogen-bond acceptors (Lipinski definition) is 3. The fourth-order valence-electron chi connectivity index (χ4n) is 1.48. The van der Waals surface area contributed by atoms with Gasteiger partial charge in [0.25, 0.3) is 0 Å². The molecule has 0 fully saturated rings. The molecule has 0 unspecified atom stereocenters. The van der Waals surface area contributed by atoms with Crippen LogP contribution >= 0.6 is 0 Å². The number of aryl methyl sites for hydroxylation is 2. The summed E-state index contributed by atoms with van der Waals surface area (Å²) in [5, 5.41) is 4.17. The van der Waals surface area contributed by atoms with Crippen molar-refractivity contribution < 1.29 is 9.53 Å². The number of carbonyl (C=O) groups excluding carboxylic acids is 1. The Morgan fingerprint density at radius 1 is 1.62 bits per heavy atom. The molecule has 4 heteroatoms. The van der Waals surface area contributed by atoms with Gasteiger partial charge in [-0.2, -0.15) is 5.10 Å². The lowest BCUT2D eigenvalue weighted by Crippen LogP contribution is -2.06. The first-order valence-corrected chi connectivity index (χ1v) is 4.22. The molecule has 1 rings (SSSR count). The number of carbonyl (C=O) groups is 1. The lowest BCUT2D eigenvalue weighted by atomic mass is 10.1. The molecule has 0 radical (unpaired) electrons. The van der Waals surface area contributed by atoms with Gasteiger partial charge in [0, 0.05) is 7.05 Å². The summed E-state index contributed by atoms with van der Waals surface area (Å²) in [5.41, 5.74) is 2.25. The number of aromatic nitrogens is 2. The third-order valence-electron chi connectivity index (χ3n) is 2.07. The van der Waals surface area contributed by atoms with E-state index in [1.807, 2.05) is 20.9 Å². The van der Waals surface area contributed by atoms with Crippen molar-refractivity contribution in [1.82, 2.24) is 9.78 Å². The second kappa shape index (κ2) is 3.60. The van der Waals surface area contributed by atoms with Crippen LogP contribution in [0.1, 0.15) is 28.7 Å². The Hall–Kier alpha value is -1.32. The molecule has 0 spiro atoms. The topological polar surface area (TPSA) is 44.1 Å². The first-order chi connectivity index (χ1) is 6.11. The Labute approximate surface area is 77.5 Å². The molecular weight excluding hydrogens is 168 g/mol. The van der Waals surface area contributed by atoms with Crippen molar-refractivity contribution in [2.75, 3.05) is 7.11 Å². The van der Waals surface area contributed by atoms with Crippen LogP contribution in [0.15, 0.2) is 0 Å². The second-order valence-electron chi connectivity index (χ2n) is 2.88. The van der Waals surface area contributed by atoms with E-state index in [9.17, 15) is 4.79 Å². The summed E-state index contributed by atoms with van der Waals surface area (Å²) in [4.78, 5) is 11.4. The van der Waals surface area contributed by atoms with Gasteiger partial charge in [0.05, 0.1) is 18.5 Å². The minimum atomic E-state index is -0.303. The SMILES string of the molecule is CCc1c(C(=O)OC)c(C)nn1C. The molecule has 72 valence electrons. The monoisotopic (exact) mass is 182 g/mol. The van der Waals surface area contributed by atoms with E-state index in [1.165, 1.54) is 7.11 Å². The fraction of sp³-hybridized carbons (Fsp3) is 0.556. The third kappa shape index (κ3) is 1.56. The predicted molar refractivity (Wildman–Crippen MR) is 48.7 cm³/mol. The summed E-state index contributed by atoms with van der Waals surface area (Å²) >= 11 is 0. The predicted octanol–water partition coefficient (Wildman–Crippen LogP) is 1.08. The Bertz CT molecular complexity index is 329. The van der Waals surface area contributed by atoms with Gasteiger partial charge in [-0.25, -0.2) is 4.79 Å². The van der Waals surface area contributed by atoms with Crippen LogP contribution in [-0.2, 0) is 18.2 Å². The average Bonchev–Trinajstić information content (AvgIpc) is 2.39. The summed E-state index contributed by atoms with van der Waals surface area (Å²) in [7, 11) is 3.21. The maximum Gasteiger partial charge on any atom is 0.341 e. The first kappa shape index (κ1) is 9.77. The Morgan fingerprint density at radius 2 is 2.23 bits per heavy atom. The molecule has 0 aliphatic heterocycles. The summed E-state index contributed by atoms with van der Waals surface area (Å²) in [6, 6.07) is 0. The van der Waals surface area contributed by atoms with Gasteiger partial charge in [-0.15, -0.1) is 0 Å². The van der Waals surface area contributed by atoms with Crippen molar-refractivity contribution in [1.29, 1.82) is 0 Å². The maximum absolute atomic E-state index is 11.4. The smallest absolute Gasteiger partial charge is 0.341 e. The van der Waals surface area contributed by atoms with Crippen molar-refractivity contribution in [2.24, 2.45) is 7.05 Å². The van der Waals surface area contributed by atoms with Crippen LogP contribution in [0.5, 0.6) is 0 Å². The molecule has 0 amide bonds. The van der Waals surface area contributed by atoms with Crippen LogP contribution in [0, 0.1) is 6.92 Å². The molecule has 1 aromatic heterocycles. The number of esters is 1. The lowest BCUT2D eigenvalue weighted by molar-refractivity contribution is 0.0598. The lowest BCUT2D eigenvalue weighted by Gasteiger charge is -2.01. The minimum Gasteiger partial charge on any atom is -0.465 e. The number of nitrogens with zero attached hydrogens (tertiary/aromatic N) is 2. The van der Waals surface area contributed by atoms with E-state index in [0.29, 0.717) is 5.56 Å². The molecule has 0 atom stereocenters. The molecule has 1 heterocycles. The molecule has 0 N–H and O–H groups in total. The van der Waals surface area contributed by atoms with E-state index in [2.05, 4.69) is 9.84 Å². The van der Waals surface area contributed by atoms with Gasteiger partial charge in [-0.1, -0.05) is 6.92 Å². The zero-order valence-electron chi connectivity index (χ0n) is 8.42. The van der Waals surface area contributed by atoms with Crippen molar-refractivity contribution in [3.8, 4) is 0 Å². The van der Waals surface area contributed by atoms with E-state index in [-0.39, 0.29) is 5.97 Å². The highest BCUT2D eigenvalue weighted by Gasteiger charge is 2.18. The zero-order chi connectivity index (χ0) is 10.0. The Morgan fingerprint density at radius 3 is 2.69 bits per heavy atom. The van der Waals surface area contributed by atoms with E-state index < -0.39 is 0 Å². The van der Waals surface area contributed by atoms with Crippen LogP contribution < -0.4 is 0 Å². The van der Waals surface area contributed by atoms with Crippen LogP contribution in [0.4, 0.5) is 0 Å². The summed E-state index contributed by atoms with van der Waals surface area (Å²) < 4.78 is 6.40. The largest absolute Gasteiger partial charge is 0.465 e. The van der Waals surface area contributed by atoms with E-state index in [4.69, 9.17) is 0 Å². The molecule has 0 bridgehead atoms. The summed E-state index contributed by atoms with van der Waals surface area (Å²) in [6.07, 6.45) is 0.780. The van der Waals surface area contributed by atoms with Crippen LogP contribution in [0.2, 0.25) is 0 Å². The number of rotatable bonds is 2. The Kier molecular flexibility index (Phi) is 2.70. The van der Waals surface area contributed by atoms with E-state index >= 15 is 0 Å². The van der Waals surface area contributed by atoms with Gasteiger partial charge in [0.1, 0.15) is 5.56 Å². The summed E-state index contributed by atoms with van der Waals surface area (Å²) in [5.74, 6) is -0.303. The normalized spacial score (nSPS) is 10.2. The first-order valence-electron chi connectivity index (χ1n) is 4.22. The zero-order valence-corrected chi connectivity index (χ0v) is 8.42. The molecular formula is C9H14N2O2. The number of ether oxygens (including phenoxy) is 1. The quantitative estimate of drug-likeness (QED) is 0.643. The molecule has 0 aliphatic carbocycles. The van der Waals surface area contributed by atoms with Crippen molar-refractivity contribution >= 4 is 5.97 Å². The molecule has 0 saturated heterocycles. The van der Waals surface area contributed by atoms with Crippen LogP contribution in [0.3, 0.4) is 0 Å². The van der Waals surface area contributed by atoms with Gasteiger partial charge < -0.3 is 4.74 Å². The highest BCUT2D eigenvalue weighted by Crippen LogP contribution is 2.14. The van der Waals surface area contributed by atoms with Gasteiger partial charge in [-0.05, 0) is 13.3 Å². The van der Waals surface area contributed by atoms with Crippen molar-refractivity contribution in [3.05, 3.63) is 17.0 Å². The van der Waals surface area contributed by atoms with Gasteiger partial charge in [0.15, 0.2) is 0 Å². The fourth-order valence-corrected chi connectivity index (χ4v) is 1.48.